The van der Waals surface area contributed by atoms with E-state index in [4.69, 9.17) is 16.3 Å². The van der Waals surface area contributed by atoms with Crippen LogP contribution in [-0.2, 0) is 9.59 Å². The Hall–Kier alpha value is -2.11. The number of halogens is 1. The Morgan fingerprint density at radius 1 is 1.33 bits per heavy atom. The molecule has 0 spiro atoms. The molecule has 2 amide bonds. The van der Waals surface area contributed by atoms with Crippen LogP contribution in [0.3, 0.4) is 0 Å². The fraction of sp³-hybridized carbons (Fsp3) is 0.333. The fourth-order valence-electron chi connectivity index (χ4n) is 2.13. The maximum Gasteiger partial charge on any atom is 0.271 e. The predicted molar refractivity (Wildman–Crippen MR) is 94.8 cm³/mol. The molecule has 0 fully saturated rings. The van der Waals surface area contributed by atoms with Crippen molar-refractivity contribution in [2.24, 2.45) is 0 Å². The van der Waals surface area contributed by atoms with Crippen LogP contribution in [0.1, 0.15) is 12.0 Å². The zero-order valence-corrected chi connectivity index (χ0v) is 14.6. The molecule has 5 nitrogen and oxygen atoms in total. The molecule has 1 aliphatic rings. The quantitative estimate of drug-likeness (QED) is 0.741. The van der Waals surface area contributed by atoms with Crippen LogP contribution in [0.5, 0.6) is 5.75 Å². The van der Waals surface area contributed by atoms with Gasteiger partial charge in [-0.05, 0) is 44.3 Å². The largest absolute Gasteiger partial charge is 0.492 e. The molecule has 0 saturated carbocycles. The first kappa shape index (κ1) is 18.2. The predicted octanol–water partition coefficient (Wildman–Crippen LogP) is 2.52. The lowest BCUT2D eigenvalue weighted by Crippen LogP contribution is -2.38. The molecule has 0 unspecified atom stereocenters. The van der Waals surface area contributed by atoms with E-state index >= 15 is 0 Å². The summed E-state index contributed by atoms with van der Waals surface area (Å²) in [5, 5.41) is 0.0993. The van der Waals surface area contributed by atoms with E-state index in [0.717, 1.165) is 22.8 Å². The van der Waals surface area contributed by atoms with Crippen molar-refractivity contribution in [3.63, 3.8) is 0 Å². The second-order valence-electron chi connectivity index (χ2n) is 5.69. The molecular weight excluding hydrogens is 328 g/mol. The molecule has 1 heterocycles. The SMILES string of the molecule is CN(C)CCOc1ccc(/C=C/C(=O)N2CCC=C(Cl)C2=O)cc1. The van der Waals surface area contributed by atoms with Crippen LogP contribution in [0.4, 0.5) is 0 Å². The van der Waals surface area contributed by atoms with Crippen LogP contribution >= 0.6 is 11.6 Å². The summed E-state index contributed by atoms with van der Waals surface area (Å²) < 4.78 is 5.61. The third-order valence-electron chi connectivity index (χ3n) is 3.50. The fourth-order valence-corrected chi connectivity index (χ4v) is 2.34. The van der Waals surface area contributed by atoms with Gasteiger partial charge in [-0.2, -0.15) is 0 Å². The molecule has 0 atom stereocenters. The average molecular weight is 349 g/mol. The maximum absolute atomic E-state index is 12.1. The van der Waals surface area contributed by atoms with E-state index in [0.29, 0.717) is 19.6 Å². The minimum atomic E-state index is -0.442. The number of imide groups is 1. The van der Waals surface area contributed by atoms with Crippen molar-refractivity contribution in [3.05, 3.63) is 47.0 Å². The Balaban J connectivity index is 1.91. The summed E-state index contributed by atoms with van der Waals surface area (Å²) >= 11 is 5.78. The standard InChI is InChI=1S/C18H21ClN2O3/c1-20(2)12-13-24-15-8-5-14(6-9-15)7-10-17(22)21-11-3-4-16(19)18(21)23/h4-10H,3,11-13H2,1-2H3/b10-7+. The van der Waals surface area contributed by atoms with Gasteiger partial charge in [-0.3, -0.25) is 14.5 Å². The van der Waals surface area contributed by atoms with Crippen LogP contribution in [0.15, 0.2) is 41.4 Å². The monoisotopic (exact) mass is 348 g/mol. The molecular formula is C18H21ClN2O3. The number of ether oxygens (including phenoxy) is 1. The second-order valence-corrected chi connectivity index (χ2v) is 6.10. The first-order valence-electron chi connectivity index (χ1n) is 7.74. The van der Waals surface area contributed by atoms with E-state index < -0.39 is 5.91 Å². The van der Waals surface area contributed by atoms with Crippen molar-refractivity contribution in [1.82, 2.24) is 9.80 Å². The van der Waals surface area contributed by atoms with Gasteiger partial charge in [0.1, 0.15) is 17.4 Å². The molecule has 0 aromatic heterocycles. The number of carbonyl (C=O) groups excluding carboxylic acids is 2. The van der Waals surface area contributed by atoms with Crippen molar-refractivity contribution in [2.45, 2.75) is 6.42 Å². The highest BCUT2D eigenvalue weighted by molar-refractivity contribution is 6.43. The van der Waals surface area contributed by atoms with Gasteiger partial charge in [-0.1, -0.05) is 29.8 Å². The van der Waals surface area contributed by atoms with Gasteiger partial charge >= 0.3 is 0 Å². The Kier molecular flexibility index (Phi) is 6.58. The van der Waals surface area contributed by atoms with Crippen LogP contribution in [0.25, 0.3) is 6.08 Å². The number of nitrogens with zero attached hydrogens (tertiary/aromatic N) is 2. The third kappa shape index (κ3) is 5.22. The molecule has 1 aromatic rings. The van der Waals surface area contributed by atoms with Crippen LogP contribution < -0.4 is 4.74 Å². The molecule has 0 saturated heterocycles. The van der Waals surface area contributed by atoms with Gasteiger partial charge in [0.2, 0.25) is 0 Å². The molecule has 2 rings (SSSR count). The minimum Gasteiger partial charge on any atom is -0.492 e. The number of hydrogen-bond acceptors (Lipinski definition) is 4. The van der Waals surface area contributed by atoms with Crippen molar-refractivity contribution in [1.29, 1.82) is 0 Å². The molecule has 0 radical (unpaired) electrons. The Morgan fingerprint density at radius 2 is 2.04 bits per heavy atom. The summed E-state index contributed by atoms with van der Waals surface area (Å²) in [5.74, 6) is -0.0248. The molecule has 1 aromatic carbocycles. The van der Waals surface area contributed by atoms with Crippen molar-refractivity contribution in [3.8, 4) is 5.75 Å². The number of carbonyl (C=O) groups is 2. The third-order valence-corrected chi connectivity index (χ3v) is 3.81. The maximum atomic E-state index is 12.1. The lowest BCUT2D eigenvalue weighted by Gasteiger charge is -2.21. The molecule has 0 N–H and O–H groups in total. The van der Waals surface area contributed by atoms with Gasteiger partial charge in [-0.25, -0.2) is 0 Å². The van der Waals surface area contributed by atoms with Gasteiger partial charge in [0, 0.05) is 19.2 Å². The molecule has 24 heavy (non-hydrogen) atoms. The summed E-state index contributed by atoms with van der Waals surface area (Å²) in [5.41, 5.74) is 0.856. The van der Waals surface area contributed by atoms with Gasteiger partial charge in [0.15, 0.2) is 0 Å². The van der Waals surface area contributed by atoms with E-state index in [1.54, 1.807) is 12.2 Å². The topological polar surface area (TPSA) is 49.9 Å². The summed E-state index contributed by atoms with van der Waals surface area (Å²) in [4.78, 5) is 27.1. The molecule has 6 heteroatoms. The zero-order chi connectivity index (χ0) is 17.5. The van der Waals surface area contributed by atoms with Crippen LogP contribution in [0, 0.1) is 0 Å². The van der Waals surface area contributed by atoms with Gasteiger partial charge in [-0.15, -0.1) is 0 Å². The van der Waals surface area contributed by atoms with Crippen LogP contribution in [-0.4, -0.2) is 55.4 Å². The van der Waals surface area contributed by atoms with Crippen molar-refractivity contribution >= 4 is 29.5 Å². The lowest BCUT2D eigenvalue weighted by molar-refractivity contribution is -0.139. The molecule has 0 aliphatic carbocycles. The van der Waals surface area contributed by atoms with Crippen molar-refractivity contribution < 1.29 is 14.3 Å². The molecule has 0 bridgehead atoms. The highest BCUT2D eigenvalue weighted by Gasteiger charge is 2.24. The molecule has 1 aliphatic heterocycles. The Bertz CT molecular complexity index is 651. The second kappa shape index (κ2) is 8.66. The first-order valence-corrected chi connectivity index (χ1v) is 8.12. The number of hydrogen-bond donors (Lipinski definition) is 0. The summed E-state index contributed by atoms with van der Waals surface area (Å²) in [6.07, 6.45) is 5.27. The normalized spacial score (nSPS) is 15.1. The number of benzene rings is 1. The van der Waals surface area contributed by atoms with E-state index in [1.807, 2.05) is 43.3 Å². The number of amides is 2. The number of likely N-dealkylation sites (N-methyl/N-ethyl adjacent to an activating group) is 1. The highest BCUT2D eigenvalue weighted by Crippen LogP contribution is 2.16. The summed E-state index contributed by atoms with van der Waals surface area (Å²) in [7, 11) is 3.98. The van der Waals surface area contributed by atoms with Crippen molar-refractivity contribution in [2.75, 3.05) is 33.8 Å². The van der Waals surface area contributed by atoms with Gasteiger partial charge < -0.3 is 9.64 Å². The lowest BCUT2D eigenvalue weighted by atomic mass is 10.2. The van der Waals surface area contributed by atoms with E-state index in [-0.39, 0.29) is 10.9 Å². The van der Waals surface area contributed by atoms with E-state index in [1.165, 1.54) is 6.08 Å². The van der Waals surface area contributed by atoms with Gasteiger partial charge in [0.25, 0.3) is 11.8 Å². The summed E-state index contributed by atoms with van der Waals surface area (Å²) in [6, 6.07) is 7.43. The Morgan fingerprint density at radius 3 is 2.71 bits per heavy atom. The van der Waals surface area contributed by atoms with E-state index in [9.17, 15) is 9.59 Å². The smallest absolute Gasteiger partial charge is 0.271 e. The highest BCUT2D eigenvalue weighted by atomic mass is 35.5. The minimum absolute atomic E-state index is 0.0993. The van der Waals surface area contributed by atoms with Crippen LogP contribution in [0.2, 0.25) is 0 Å². The zero-order valence-electron chi connectivity index (χ0n) is 13.9. The molecule has 128 valence electrons. The summed E-state index contributed by atoms with van der Waals surface area (Å²) in [6.45, 7) is 1.82. The number of rotatable bonds is 6. The van der Waals surface area contributed by atoms with Gasteiger partial charge in [0.05, 0.1) is 0 Å². The average Bonchev–Trinajstić information content (AvgIpc) is 2.56. The Labute approximate surface area is 147 Å². The first-order chi connectivity index (χ1) is 11.5. The van der Waals surface area contributed by atoms with E-state index in [2.05, 4.69) is 0 Å².